The summed E-state index contributed by atoms with van der Waals surface area (Å²) >= 11 is 6.82. The summed E-state index contributed by atoms with van der Waals surface area (Å²) in [6.07, 6.45) is 0.923. The van der Waals surface area contributed by atoms with E-state index in [2.05, 4.69) is 79.9 Å². The molecule has 0 spiro atoms. The van der Waals surface area contributed by atoms with Gasteiger partial charge in [0, 0.05) is 16.3 Å². The highest BCUT2D eigenvalue weighted by molar-refractivity contribution is 14.1. The van der Waals surface area contributed by atoms with Crippen molar-refractivity contribution in [3.63, 3.8) is 0 Å². The molecule has 0 aliphatic rings. The normalized spacial score (nSPS) is 10.6. The number of halogens is 3. The van der Waals surface area contributed by atoms with Gasteiger partial charge in [-0.05, 0) is 90.7 Å². The van der Waals surface area contributed by atoms with E-state index in [0.29, 0.717) is 0 Å². The predicted molar refractivity (Wildman–Crippen MR) is 87.5 cm³/mol. The van der Waals surface area contributed by atoms with E-state index in [1.54, 1.807) is 0 Å². The molecule has 4 heteroatoms. The molecule has 0 saturated carbocycles. The van der Waals surface area contributed by atoms with Crippen molar-refractivity contribution in [1.29, 1.82) is 0 Å². The summed E-state index contributed by atoms with van der Waals surface area (Å²) in [6.45, 7) is 0. The van der Waals surface area contributed by atoms with Gasteiger partial charge in [0.25, 0.3) is 0 Å². The molecule has 0 atom stereocenters. The van der Waals surface area contributed by atoms with Crippen molar-refractivity contribution >= 4 is 84.8 Å². The number of benzene rings is 2. The first-order chi connectivity index (χ1) is 7.15. The lowest BCUT2D eigenvalue weighted by Gasteiger charge is -2.07. The van der Waals surface area contributed by atoms with Crippen molar-refractivity contribution in [2.75, 3.05) is 0 Å². The Morgan fingerprint density at radius 3 is 2.40 bits per heavy atom. The van der Waals surface area contributed by atoms with Crippen molar-refractivity contribution in [1.82, 2.24) is 0 Å². The van der Waals surface area contributed by atoms with Crippen LogP contribution in [0.3, 0.4) is 0 Å². The van der Waals surface area contributed by atoms with Crippen LogP contribution in [0.1, 0.15) is 10.4 Å². The lowest BCUT2D eigenvalue weighted by atomic mass is 10.1. The summed E-state index contributed by atoms with van der Waals surface area (Å²) < 4.78 is 3.38. The molecule has 0 radical (unpaired) electrons. The summed E-state index contributed by atoms with van der Waals surface area (Å²) in [4.78, 5) is 10.9. The maximum absolute atomic E-state index is 10.9. The lowest BCUT2D eigenvalue weighted by molar-refractivity contribution is 0.112. The van der Waals surface area contributed by atoms with Crippen molar-refractivity contribution in [3.8, 4) is 0 Å². The zero-order chi connectivity index (χ0) is 11.0. The van der Waals surface area contributed by atoms with E-state index in [1.807, 2.05) is 12.1 Å². The van der Waals surface area contributed by atoms with Crippen LogP contribution >= 0.6 is 67.8 Å². The van der Waals surface area contributed by atoms with Crippen molar-refractivity contribution < 1.29 is 4.79 Å². The van der Waals surface area contributed by atoms with Crippen LogP contribution in [0.15, 0.2) is 24.3 Å². The third-order valence-corrected chi connectivity index (χ3v) is 6.42. The molecule has 0 aliphatic heterocycles. The highest BCUT2D eigenvalue weighted by Crippen LogP contribution is 2.30. The molecule has 0 amide bonds. The SMILES string of the molecule is O=Cc1cc2c(I)cccc2c(I)c1I. The summed E-state index contributed by atoms with van der Waals surface area (Å²) in [6, 6.07) is 8.16. The molecule has 0 heterocycles. The molecule has 2 aromatic carbocycles. The zero-order valence-electron chi connectivity index (χ0n) is 7.43. The van der Waals surface area contributed by atoms with E-state index in [-0.39, 0.29) is 0 Å². The number of hydrogen-bond donors (Lipinski definition) is 0. The van der Waals surface area contributed by atoms with Crippen LogP contribution in [0.25, 0.3) is 10.8 Å². The van der Waals surface area contributed by atoms with Gasteiger partial charge >= 0.3 is 0 Å². The summed E-state index contributed by atoms with van der Waals surface area (Å²) in [5.74, 6) is 0. The fourth-order valence-electron chi connectivity index (χ4n) is 1.42. The number of carbonyl (C=O) groups excluding carboxylic acids is 1. The Morgan fingerprint density at radius 2 is 1.73 bits per heavy atom. The molecule has 0 unspecified atom stereocenters. The monoisotopic (exact) mass is 534 g/mol. The fourth-order valence-corrected chi connectivity index (χ4v) is 3.43. The smallest absolute Gasteiger partial charge is 0.151 e. The van der Waals surface area contributed by atoms with Gasteiger partial charge in [-0.3, -0.25) is 4.79 Å². The number of carbonyl (C=O) groups is 1. The Morgan fingerprint density at radius 1 is 1.00 bits per heavy atom. The highest BCUT2D eigenvalue weighted by atomic mass is 127. The maximum atomic E-state index is 10.9. The van der Waals surface area contributed by atoms with Crippen LogP contribution in [0, 0.1) is 10.7 Å². The predicted octanol–water partition coefficient (Wildman–Crippen LogP) is 4.47. The van der Waals surface area contributed by atoms with Gasteiger partial charge in [-0.25, -0.2) is 0 Å². The van der Waals surface area contributed by atoms with Crippen LogP contribution in [0.2, 0.25) is 0 Å². The van der Waals surface area contributed by atoms with E-state index in [9.17, 15) is 4.79 Å². The number of fused-ring (bicyclic) bond motifs is 1. The molecule has 76 valence electrons. The van der Waals surface area contributed by atoms with E-state index in [4.69, 9.17) is 0 Å². The van der Waals surface area contributed by atoms with Crippen molar-refractivity contribution in [3.05, 3.63) is 40.5 Å². The standard InChI is InChI=1S/C11H5I3O/c12-9-3-1-2-7-8(9)4-6(5-15)10(13)11(7)14/h1-5H. The molecule has 1 nitrogen and oxygen atoms in total. The van der Waals surface area contributed by atoms with Gasteiger partial charge in [-0.2, -0.15) is 0 Å². The van der Waals surface area contributed by atoms with Crippen LogP contribution in [0.4, 0.5) is 0 Å². The first-order valence-electron chi connectivity index (χ1n) is 4.16. The minimum atomic E-state index is 0.775. The first-order valence-corrected chi connectivity index (χ1v) is 7.40. The number of hydrogen-bond acceptors (Lipinski definition) is 1. The average molecular weight is 534 g/mol. The number of rotatable bonds is 1. The third kappa shape index (κ3) is 2.17. The molecule has 2 rings (SSSR count). The molecular formula is C11H5I3O. The summed E-state index contributed by atoms with van der Waals surface area (Å²) in [5.41, 5.74) is 0.775. The molecule has 15 heavy (non-hydrogen) atoms. The van der Waals surface area contributed by atoms with Gasteiger partial charge in [0.05, 0.1) is 0 Å². The first kappa shape index (κ1) is 12.0. The molecule has 0 fully saturated rings. The van der Waals surface area contributed by atoms with E-state index >= 15 is 0 Å². The Balaban J connectivity index is 2.97. The van der Waals surface area contributed by atoms with Gasteiger partial charge in [0.2, 0.25) is 0 Å². The quantitative estimate of drug-likeness (QED) is 0.391. The molecular weight excluding hydrogens is 529 g/mol. The summed E-state index contributed by atoms with van der Waals surface area (Å²) in [5, 5.41) is 2.38. The molecule has 0 aromatic heterocycles. The summed E-state index contributed by atoms with van der Waals surface area (Å²) in [7, 11) is 0. The van der Waals surface area contributed by atoms with Gasteiger partial charge in [0.15, 0.2) is 6.29 Å². The topological polar surface area (TPSA) is 17.1 Å². The zero-order valence-corrected chi connectivity index (χ0v) is 13.9. The molecule has 0 saturated heterocycles. The maximum Gasteiger partial charge on any atom is 0.151 e. The minimum Gasteiger partial charge on any atom is -0.298 e. The van der Waals surface area contributed by atoms with Gasteiger partial charge in [-0.15, -0.1) is 0 Å². The van der Waals surface area contributed by atoms with Crippen LogP contribution in [-0.4, -0.2) is 6.29 Å². The van der Waals surface area contributed by atoms with E-state index in [1.165, 1.54) is 8.96 Å². The molecule has 0 aliphatic carbocycles. The lowest BCUT2D eigenvalue weighted by Crippen LogP contribution is -1.93. The second-order valence-electron chi connectivity index (χ2n) is 3.05. The molecule has 0 bridgehead atoms. The third-order valence-electron chi connectivity index (χ3n) is 2.16. The van der Waals surface area contributed by atoms with Crippen LogP contribution in [0.5, 0.6) is 0 Å². The molecule has 0 N–H and O–H groups in total. The van der Waals surface area contributed by atoms with Crippen LogP contribution < -0.4 is 0 Å². The Kier molecular flexibility index (Phi) is 3.87. The van der Waals surface area contributed by atoms with Crippen LogP contribution in [-0.2, 0) is 0 Å². The largest absolute Gasteiger partial charge is 0.298 e. The van der Waals surface area contributed by atoms with Crippen molar-refractivity contribution in [2.24, 2.45) is 0 Å². The van der Waals surface area contributed by atoms with Crippen molar-refractivity contribution in [2.45, 2.75) is 0 Å². The second kappa shape index (κ2) is 4.82. The van der Waals surface area contributed by atoms with Gasteiger partial charge in [0.1, 0.15) is 0 Å². The average Bonchev–Trinajstić information content (AvgIpc) is 2.24. The van der Waals surface area contributed by atoms with Gasteiger partial charge in [-0.1, -0.05) is 12.1 Å². The number of aldehydes is 1. The van der Waals surface area contributed by atoms with E-state index in [0.717, 1.165) is 24.4 Å². The minimum absolute atomic E-state index is 0.775. The van der Waals surface area contributed by atoms with Gasteiger partial charge < -0.3 is 0 Å². The van der Waals surface area contributed by atoms with E-state index < -0.39 is 0 Å². The second-order valence-corrected chi connectivity index (χ2v) is 6.37. The molecule has 2 aromatic rings. The Bertz CT molecular complexity index is 549. The Hall–Kier alpha value is 0.560. The Labute approximate surface area is 128 Å². The fraction of sp³-hybridized carbons (Fsp3) is 0. The highest BCUT2D eigenvalue weighted by Gasteiger charge is 2.09.